The van der Waals surface area contributed by atoms with Crippen LogP contribution in [0.4, 0.5) is 5.82 Å². The maximum Gasteiger partial charge on any atom is 0.325 e. The van der Waals surface area contributed by atoms with Crippen molar-refractivity contribution < 1.29 is 9.53 Å². The predicted octanol–water partition coefficient (Wildman–Crippen LogP) is 0.423. The molecule has 1 rings (SSSR count). The van der Waals surface area contributed by atoms with E-state index in [4.69, 9.17) is 11.6 Å². The van der Waals surface area contributed by atoms with Gasteiger partial charge in [-0.1, -0.05) is 11.6 Å². The highest BCUT2D eigenvalue weighted by Gasteiger charge is 2.16. The lowest BCUT2D eigenvalue weighted by molar-refractivity contribution is -0.138. The van der Waals surface area contributed by atoms with Crippen molar-refractivity contribution in [3.63, 3.8) is 0 Å². The molecule has 1 heterocycles. The number of carbonyl (C=O) groups excluding carboxylic acids is 1. The minimum absolute atomic E-state index is 0.00315. The number of hydrogen-bond donors (Lipinski definition) is 1. The van der Waals surface area contributed by atoms with E-state index in [-0.39, 0.29) is 17.4 Å². The Labute approximate surface area is 97.2 Å². The van der Waals surface area contributed by atoms with Crippen LogP contribution in [0.3, 0.4) is 0 Å². The molecule has 0 unspecified atom stereocenters. The third kappa shape index (κ3) is 2.73. The van der Waals surface area contributed by atoms with Gasteiger partial charge in [0.15, 0.2) is 5.82 Å². The fraction of sp³-hybridized carbons (Fsp3) is 0.444. The Morgan fingerprint density at radius 3 is 2.94 bits per heavy atom. The van der Waals surface area contributed by atoms with Crippen molar-refractivity contribution in [2.24, 2.45) is 0 Å². The van der Waals surface area contributed by atoms with Crippen LogP contribution in [0, 0.1) is 0 Å². The van der Waals surface area contributed by atoms with Gasteiger partial charge >= 0.3 is 5.97 Å². The molecule has 0 aliphatic carbocycles. The highest BCUT2D eigenvalue weighted by molar-refractivity contribution is 6.32. The minimum atomic E-state index is -0.435. The van der Waals surface area contributed by atoms with Gasteiger partial charge < -0.3 is 14.6 Å². The van der Waals surface area contributed by atoms with Crippen molar-refractivity contribution in [3.8, 4) is 0 Å². The average Bonchev–Trinajstić information content (AvgIpc) is 2.29. The Bertz CT molecular complexity index is 432. The topological polar surface area (TPSA) is 75.3 Å². The molecule has 16 heavy (non-hydrogen) atoms. The van der Waals surface area contributed by atoms with Crippen molar-refractivity contribution in [1.29, 1.82) is 0 Å². The second-order valence-electron chi connectivity index (χ2n) is 2.96. The second-order valence-corrected chi connectivity index (χ2v) is 3.34. The summed E-state index contributed by atoms with van der Waals surface area (Å²) in [6.45, 7) is 2.32. The molecule has 0 saturated carbocycles. The Balaban J connectivity index is 2.99. The molecule has 88 valence electrons. The number of aromatic amines is 1. The number of rotatable bonds is 4. The van der Waals surface area contributed by atoms with Crippen LogP contribution in [0.5, 0.6) is 0 Å². The summed E-state index contributed by atoms with van der Waals surface area (Å²) >= 11 is 5.79. The Morgan fingerprint density at radius 2 is 2.38 bits per heavy atom. The lowest BCUT2D eigenvalue weighted by Gasteiger charge is -2.20. The first-order valence-corrected chi connectivity index (χ1v) is 5.02. The molecule has 1 aromatic rings. The van der Waals surface area contributed by atoms with E-state index in [0.717, 1.165) is 0 Å². The van der Waals surface area contributed by atoms with Gasteiger partial charge in [0.25, 0.3) is 5.56 Å². The van der Waals surface area contributed by atoms with Gasteiger partial charge in [-0.15, -0.1) is 0 Å². The maximum absolute atomic E-state index is 11.2. The van der Waals surface area contributed by atoms with Crippen molar-refractivity contribution >= 4 is 23.4 Å². The van der Waals surface area contributed by atoms with E-state index < -0.39 is 11.5 Å². The van der Waals surface area contributed by atoms with E-state index >= 15 is 0 Å². The third-order valence-corrected chi connectivity index (χ3v) is 2.35. The van der Waals surface area contributed by atoms with Crippen LogP contribution in [0.2, 0.25) is 5.02 Å². The number of likely N-dealkylation sites (N-methyl/N-ethyl adjacent to an activating group) is 1. The smallest absolute Gasteiger partial charge is 0.325 e. The number of halogens is 1. The van der Waals surface area contributed by atoms with Crippen LogP contribution < -0.4 is 10.5 Å². The first-order chi connectivity index (χ1) is 7.60. The van der Waals surface area contributed by atoms with Gasteiger partial charge in [0, 0.05) is 6.54 Å². The first kappa shape index (κ1) is 12.5. The molecule has 0 spiro atoms. The predicted molar refractivity (Wildman–Crippen MR) is 59.8 cm³/mol. The molecule has 6 nitrogen and oxygen atoms in total. The van der Waals surface area contributed by atoms with Gasteiger partial charge in [0.1, 0.15) is 11.6 Å². The molecule has 0 aliphatic heterocycles. The molecule has 1 N–H and O–H groups in total. The summed E-state index contributed by atoms with van der Waals surface area (Å²) in [5, 5.41) is -0.0340. The molecule has 7 heteroatoms. The van der Waals surface area contributed by atoms with E-state index in [1.54, 1.807) is 4.90 Å². The number of ether oxygens (including phenoxy) is 1. The molecular formula is C9H12ClN3O3. The van der Waals surface area contributed by atoms with Crippen molar-refractivity contribution in [3.05, 3.63) is 21.7 Å². The van der Waals surface area contributed by atoms with Crippen molar-refractivity contribution in [2.75, 3.05) is 25.1 Å². The maximum atomic E-state index is 11.2. The summed E-state index contributed by atoms with van der Waals surface area (Å²) in [6.07, 6.45) is 1.24. The number of H-pyrrole nitrogens is 1. The van der Waals surface area contributed by atoms with Gasteiger partial charge in [-0.05, 0) is 6.92 Å². The molecule has 0 bridgehead atoms. The third-order valence-electron chi connectivity index (χ3n) is 2.01. The molecule has 1 aromatic heterocycles. The fourth-order valence-corrected chi connectivity index (χ4v) is 1.37. The normalized spacial score (nSPS) is 9.94. The van der Waals surface area contributed by atoms with E-state index in [0.29, 0.717) is 6.54 Å². The Kier molecular flexibility index (Phi) is 4.30. The second kappa shape index (κ2) is 5.50. The average molecular weight is 246 g/mol. The summed E-state index contributed by atoms with van der Waals surface area (Å²) in [5.74, 6) is -0.140. The van der Waals surface area contributed by atoms with E-state index in [1.807, 2.05) is 6.92 Å². The zero-order valence-corrected chi connectivity index (χ0v) is 9.74. The standard InChI is InChI=1S/C9H12ClN3O3/c1-3-13(4-6(14)16-2)8-7(10)9(15)12-5-11-8/h5H,3-4H2,1-2H3,(H,11,12,15). The number of esters is 1. The van der Waals surface area contributed by atoms with Crippen LogP contribution in [0.1, 0.15) is 6.92 Å². The van der Waals surface area contributed by atoms with Gasteiger partial charge in [0.05, 0.1) is 13.4 Å². The van der Waals surface area contributed by atoms with Crippen LogP contribution in [0.15, 0.2) is 11.1 Å². The summed E-state index contributed by atoms with van der Waals surface area (Å²) in [6, 6.07) is 0. The van der Waals surface area contributed by atoms with Crippen molar-refractivity contribution in [2.45, 2.75) is 6.92 Å². The van der Waals surface area contributed by atoms with Crippen LogP contribution in [0.25, 0.3) is 0 Å². The Morgan fingerprint density at radius 1 is 1.69 bits per heavy atom. The number of hydrogen-bond acceptors (Lipinski definition) is 5. The van der Waals surface area contributed by atoms with Gasteiger partial charge in [-0.25, -0.2) is 4.98 Å². The van der Waals surface area contributed by atoms with Crippen LogP contribution in [-0.2, 0) is 9.53 Å². The van der Waals surface area contributed by atoms with Crippen LogP contribution >= 0.6 is 11.6 Å². The molecule has 0 aliphatic rings. The van der Waals surface area contributed by atoms with Crippen molar-refractivity contribution in [1.82, 2.24) is 9.97 Å². The minimum Gasteiger partial charge on any atom is -0.468 e. The number of aromatic nitrogens is 2. The number of anilines is 1. The largest absolute Gasteiger partial charge is 0.468 e. The Hall–Kier alpha value is -1.56. The van der Waals surface area contributed by atoms with E-state index in [1.165, 1.54) is 13.4 Å². The van der Waals surface area contributed by atoms with E-state index in [9.17, 15) is 9.59 Å². The highest BCUT2D eigenvalue weighted by Crippen LogP contribution is 2.17. The molecule has 0 atom stereocenters. The lowest BCUT2D eigenvalue weighted by atomic mass is 10.4. The molecule has 0 fully saturated rings. The number of nitrogens with zero attached hydrogens (tertiary/aromatic N) is 2. The number of nitrogens with one attached hydrogen (secondary N) is 1. The quantitative estimate of drug-likeness (QED) is 0.779. The lowest BCUT2D eigenvalue weighted by Crippen LogP contribution is -2.32. The van der Waals surface area contributed by atoms with Gasteiger partial charge in [-0.3, -0.25) is 9.59 Å². The first-order valence-electron chi connectivity index (χ1n) is 4.65. The van der Waals surface area contributed by atoms with Gasteiger partial charge in [0.2, 0.25) is 0 Å². The molecular weight excluding hydrogens is 234 g/mol. The molecule has 0 amide bonds. The van der Waals surface area contributed by atoms with E-state index in [2.05, 4.69) is 14.7 Å². The molecule has 0 radical (unpaired) electrons. The molecule has 0 saturated heterocycles. The fourth-order valence-electron chi connectivity index (χ4n) is 1.15. The summed E-state index contributed by atoms with van der Waals surface area (Å²) < 4.78 is 4.54. The highest BCUT2D eigenvalue weighted by atomic mass is 35.5. The zero-order valence-electron chi connectivity index (χ0n) is 8.99. The van der Waals surface area contributed by atoms with Crippen LogP contribution in [-0.4, -0.2) is 36.1 Å². The number of methoxy groups -OCH3 is 1. The number of carbonyl (C=O) groups is 1. The molecule has 0 aromatic carbocycles. The summed E-state index contributed by atoms with van der Waals surface area (Å²) in [4.78, 5) is 30.2. The SMILES string of the molecule is CCN(CC(=O)OC)c1nc[nH]c(=O)c1Cl. The monoisotopic (exact) mass is 245 g/mol. The van der Waals surface area contributed by atoms with Gasteiger partial charge in [-0.2, -0.15) is 0 Å². The summed E-state index contributed by atoms with van der Waals surface area (Å²) in [7, 11) is 1.29. The summed E-state index contributed by atoms with van der Waals surface area (Å²) in [5.41, 5.74) is -0.435. The zero-order chi connectivity index (χ0) is 12.1.